The number of aliphatic hydroxyl groups excluding tert-OH is 1. The van der Waals surface area contributed by atoms with Crippen molar-refractivity contribution in [1.82, 2.24) is 19.5 Å². The van der Waals surface area contributed by atoms with Crippen LogP contribution in [0.5, 0.6) is 0 Å². The molecule has 1 atom stereocenters. The summed E-state index contributed by atoms with van der Waals surface area (Å²) in [6.07, 6.45) is 8.01. The largest absolute Gasteiger partial charge is 0.391 e. The van der Waals surface area contributed by atoms with Gasteiger partial charge in [0.1, 0.15) is 17.4 Å². The second-order valence-electron chi connectivity index (χ2n) is 10.5. The van der Waals surface area contributed by atoms with E-state index in [0.717, 1.165) is 46.5 Å². The lowest BCUT2D eigenvalue weighted by atomic mass is 9.80. The summed E-state index contributed by atoms with van der Waals surface area (Å²) in [5.74, 6) is 0.790. The van der Waals surface area contributed by atoms with E-state index in [1.807, 2.05) is 59.2 Å². The SMILES string of the molecule is OC(CCn1cnc2c(NC3CCCC3)ncnc21)COC(c1ccccc1)(c1ccccc1)c1ccccc1. The molecular formula is C33H35N5O2. The number of aromatic nitrogens is 4. The first-order valence-electron chi connectivity index (χ1n) is 14.1. The Morgan fingerprint density at radius 2 is 1.40 bits per heavy atom. The van der Waals surface area contributed by atoms with Crippen LogP contribution in [0.25, 0.3) is 11.2 Å². The van der Waals surface area contributed by atoms with Crippen LogP contribution in [0.3, 0.4) is 0 Å². The van der Waals surface area contributed by atoms with Crippen LogP contribution >= 0.6 is 0 Å². The molecule has 5 aromatic rings. The van der Waals surface area contributed by atoms with Crippen LogP contribution < -0.4 is 5.32 Å². The number of fused-ring (bicyclic) bond motifs is 1. The minimum atomic E-state index is -0.861. The van der Waals surface area contributed by atoms with Crippen LogP contribution in [0, 0.1) is 0 Å². The molecule has 2 aromatic heterocycles. The van der Waals surface area contributed by atoms with E-state index in [2.05, 4.69) is 56.7 Å². The maximum atomic E-state index is 11.2. The number of nitrogens with zero attached hydrogens (tertiary/aromatic N) is 4. The highest BCUT2D eigenvalue weighted by Gasteiger charge is 2.38. The summed E-state index contributed by atoms with van der Waals surface area (Å²) >= 11 is 0. The van der Waals surface area contributed by atoms with Gasteiger partial charge in [-0.15, -0.1) is 0 Å². The summed E-state index contributed by atoms with van der Waals surface area (Å²) in [5.41, 5.74) is 3.73. The van der Waals surface area contributed by atoms with Gasteiger partial charge in [-0.2, -0.15) is 0 Å². The number of aryl methyl sites for hydroxylation is 1. The highest BCUT2D eigenvalue weighted by Crippen LogP contribution is 2.40. The summed E-state index contributed by atoms with van der Waals surface area (Å²) in [4.78, 5) is 13.6. The Hall–Kier alpha value is -4.07. The predicted octanol–water partition coefficient (Wildman–Crippen LogP) is 5.94. The smallest absolute Gasteiger partial charge is 0.165 e. The first kappa shape index (κ1) is 26.2. The topological polar surface area (TPSA) is 85.1 Å². The van der Waals surface area contributed by atoms with Gasteiger partial charge in [-0.05, 0) is 36.0 Å². The Balaban J connectivity index is 1.21. The molecule has 3 aromatic carbocycles. The fraction of sp³-hybridized carbons (Fsp3) is 0.303. The Morgan fingerprint density at radius 3 is 1.98 bits per heavy atom. The van der Waals surface area contributed by atoms with Crippen molar-refractivity contribution in [2.24, 2.45) is 0 Å². The van der Waals surface area contributed by atoms with Crippen molar-refractivity contribution in [3.05, 3.63) is 120 Å². The zero-order valence-corrected chi connectivity index (χ0v) is 22.6. The number of aliphatic hydroxyl groups is 1. The first-order chi connectivity index (χ1) is 19.7. The average molecular weight is 534 g/mol. The summed E-state index contributed by atoms with van der Waals surface area (Å²) in [6, 6.07) is 31.1. The molecule has 2 heterocycles. The molecule has 7 nitrogen and oxygen atoms in total. The van der Waals surface area contributed by atoms with Crippen LogP contribution in [-0.2, 0) is 16.9 Å². The highest BCUT2D eigenvalue weighted by molar-refractivity contribution is 5.82. The molecule has 1 saturated carbocycles. The second-order valence-corrected chi connectivity index (χ2v) is 10.5. The van der Waals surface area contributed by atoms with E-state index in [4.69, 9.17) is 4.74 Å². The van der Waals surface area contributed by atoms with Gasteiger partial charge >= 0.3 is 0 Å². The van der Waals surface area contributed by atoms with E-state index in [1.54, 1.807) is 12.7 Å². The van der Waals surface area contributed by atoms with Gasteiger partial charge in [0.05, 0.1) is 19.0 Å². The molecule has 2 N–H and O–H groups in total. The Bertz CT molecular complexity index is 1410. The van der Waals surface area contributed by atoms with Crippen molar-refractivity contribution in [3.63, 3.8) is 0 Å². The number of benzene rings is 3. The van der Waals surface area contributed by atoms with Gasteiger partial charge in [-0.25, -0.2) is 15.0 Å². The van der Waals surface area contributed by atoms with Crippen LogP contribution in [0.4, 0.5) is 5.82 Å². The number of ether oxygens (including phenoxy) is 1. The van der Waals surface area contributed by atoms with E-state index in [0.29, 0.717) is 19.0 Å². The highest BCUT2D eigenvalue weighted by atomic mass is 16.5. The molecule has 40 heavy (non-hydrogen) atoms. The van der Waals surface area contributed by atoms with Crippen molar-refractivity contribution in [2.45, 2.75) is 56.4 Å². The molecule has 0 aliphatic heterocycles. The lowest BCUT2D eigenvalue weighted by Crippen LogP contribution is -2.36. The lowest BCUT2D eigenvalue weighted by Gasteiger charge is -2.36. The molecule has 0 bridgehead atoms. The van der Waals surface area contributed by atoms with Crippen LogP contribution in [0.15, 0.2) is 104 Å². The predicted molar refractivity (Wildman–Crippen MR) is 157 cm³/mol. The molecule has 204 valence electrons. The zero-order valence-electron chi connectivity index (χ0n) is 22.6. The second kappa shape index (κ2) is 12.0. The fourth-order valence-corrected chi connectivity index (χ4v) is 5.77. The van der Waals surface area contributed by atoms with Gasteiger partial charge in [-0.1, -0.05) is 104 Å². The minimum absolute atomic E-state index is 0.161. The zero-order chi connectivity index (χ0) is 27.2. The number of hydrogen-bond donors (Lipinski definition) is 2. The molecule has 1 unspecified atom stereocenters. The van der Waals surface area contributed by atoms with Crippen LogP contribution in [-0.4, -0.2) is 43.4 Å². The molecule has 1 aliphatic rings. The van der Waals surface area contributed by atoms with Gasteiger partial charge in [-0.3, -0.25) is 0 Å². The first-order valence-corrected chi connectivity index (χ1v) is 14.1. The third kappa shape index (κ3) is 5.35. The number of rotatable bonds is 11. The van der Waals surface area contributed by atoms with Gasteiger partial charge < -0.3 is 19.7 Å². The van der Waals surface area contributed by atoms with E-state index in [1.165, 1.54) is 12.8 Å². The number of imidazole rings is 1. The van der Waals surface area contributed by atoms with E-state index >= 15 is 0 Å². The maximum Gasteiger partial charge on any atom is 0.165 e. The molecular weight excluding hydrogens is 498 g/mol. The molecule has 1 fully saturated rings. The summed E-state index contributed by atoms with van der Waals surface area (Å²) < 4.78 is 8.78. The maximum absolute atomic E-state index is 11.2. The third-order valence-electron chi connectivity index (χ3n) is 7.83. The normalized spacial score (nSPS) is 14.9. The Labute approximate surface area is 234 Å². The summed E-state index contributed by atoms with van der Waals surface area (Å²) in [7, 11) is 0. The molecule has 7 heteroatoms. The average Bonchev–Trinajstić information content (AvgIpc) is 3.69. The van der Waals surface area contributed by atoms with Gasteiger partial charge in [0.25, 0.3) is 0 Å². The van der Waals surface area contributed by atoms with Crippen molar-refractivity contribution < 1.29 is 9.84 Å². The van der Waals surface area contributed by atoms with Crippen molar-refractivity contribution in [3.8, 4) is 0 Å². The monoisotopic (exact) mass is 533 g/mol. The molecule has 0 saturated heterocycles. The number of nitrogens with one attached hydrogen (secondary N) is 1. The number of anilines is 1. The molecule has 6 rings (SSSR count). The van der Waals surface area contributed by atoms with Gasteiger partial charge in [0.2, 0.25) is 0 Å². The van der Waals surface area contributed by atoms with Gasteiger partial charge in [0.15, 0.2) is 11.5 Å². The molecule has 0 spiro atoms. The van der Waals surface area contributed by atoms with Crippen LogP contribution in [0.1, 0.15) is 48.8 Å². The summed E-state index contributed by atoms with van der Waals surface area (Å²) in [6.45, 7) is 0.727. The van der Waals surface area contributed by atoms with E-state index < -0.39 is 11.7 Å². The third-order valence-corrected chi connectivity index (χ3v) is 7.83. The lowest BCUT2D eigenvalue weighted by molar-refractivity contribution is -0.0409. The van der Waals surface area contributed by atoms with Crippen molar-refractivity contribution >= 4 is 17.0 Å². The minimum Gasteiger partial charge on any atom is -0.391 e. The molecule has 0 amide bonds. The van der Waals surface area contributed by atoms with E-state index in [9.17, 15) is 5.11 Å². The van der Waals surface area contributed by atoms with Crippen LogP contribution in [0.2, 0.25) is 0 Å². The summed E-state index contributed by atoms with van der Waals surface area (Å²) in [5, 5.41) is 14.7. The van der Waals surface area contributed by atoms with Crippen molar-refractivity contribution in [1.29, 1.82) is 0 Å². The fourth-order valence-electron chi connectivity index (χ4n) is 5.77. The van der Waals surface area contributed by atoms with Crippen molar-refractivity contribution in [2.75, 3.05) is 11.9 Å². The number of hydrogen-bond acceptors (Lipinski definition) is 6. The molecule has 1 aliphatic carbocycles. The Morgan fingerprint density at radius 1 is 0.825 bits per heavy atom. The quantitative estimate of drug-likeness (QED) is 0.204. The molecule has 0 radical (unpaired) electrons. The van der Waals surface area contributed by atoms with Gasteiger partial charge in [0, 0.05) is 12.6 Å². The van der Waals surface area contributed by atoms with E-state index in [-0.39, 0.29) is 6.61 Å². The Kier molecular flexibility index (Phi) is 7.84. The standard InChI is InChI=1S/C33H35N5O2/c39-29(20-21-38-24-36-30-31(34-23-35-32(30)38)37-28-18-10-11-19-28)22-40-33(25-12-4-1-5-13-25,26-14-6-2-7-15-26)27-16-8-3-9-17-27/h1-9,12-17,23-24,28-29,39H,10-11,18-22H2,(H,34,35,37).